The van der Waals surface area contributed by atoms with Crippen LogP contribution >= 0.6 is 11.6 Å². The Kier molecular flexibility index (Phi) is 4.77. The summed E-state index contributed by atoms with van der Waals surface area (Å²) in [4.78, 5) is 22.3. The summed E-state index contributed by atoms with van der Waals surface area (Å²) in [7, 11) is 0. The fourth-order valence-electron chi connectivity index (χ4n) is 2.37. The predicted molar refractivity (Wildman–Crippen MR) is 96.7 cm³/mol. The van der Waals surface area contributed by atoms with Gasteiger partial charge in [0.1, 0.15) is 5.75 Å². The predicted octanol–water partition coefficient (Wildman–Crippen LogP) is 5.02. The number of fused-ring (bicyclic) bond motifs is 1. The lowest BCUT2D eigenvalue weighted by Crippen LogP contribution is -2.04. The van der Waals surface area contributed by atoms with Crippen LogP contribution in [0.4, 0.5) is 5.69 Å². The smallest absolute Gasteiger partial charge is 0.336 e. The fraction of sp³-hybridized carbons (Fsp3) is 0. The van der Waals surface area contributed by atoms with Crippen molar-refractivity contribution in [3.05, 3.63) is 87.4 Å². The fourth-order valence-corrected chi connectivity index (χ4v) is 2.60. The summed E-state index contributed by atoms with van der Waals surface area (Å²) < 4.78 is 5.36. The first-order valence-electron chi connectivity index (χ1n) is 7.36. The minimum atomic E-state index is -0.584. The number of halogens is 1. The van der Waals surface area contributed by atoms with Crippen molar-refractivity contribution in [3.8, 4) is 5.75 Å². The van der Waals surface area contributed by atoms with Crippen molar-refractivity contribution in [1.29, 1.82) is 0 Å². The zero-order valence-corrected chi connectivity index (χ0v) is 13.6. The number of hydrogen-bond acceptors (Lipinski definition) is 4. The van der Waals surface area contributed by atoms with Crippen LogP contribution in [0.25, 0.3) is 16.8 Å². The van der Waals surface area contributed by atoms with Crippen LogP contribution < -0.4 is 4.74 Å². The summed E-state index contributed by atoms with van der Waals surface area (Å²) in [5, 5.41) is 12.9. The van der Waals surface area contributed by atoms with Gasteiger partial charge in [-0.3, -0.25) is 10.1 Å². The summed E-state index contributed by atoms with van der Waals surface area (Å²) in [6.07, 6.45) is 2.69. The molecular formula is C19H12ClNO4. The molecule has 3 rings (SSSR count). The molecule has 0 saturated heterocycles. The van der Waals surface area contributed by atoms with E-state index in [4.69, 9.17) is 16.3 Å². The van der Waals surface area contributed by atoms with E-state index in [-0.39, 0.29) is 5.69 Å². The van der Waals surface area contributed by atoms with Crippen LogP contribution in [0.2, 0.25) is 5.02 Å². The highest BCUT2D eigenvalue weighted by molar-refractivity contribution is 6.35. The third-order valence-electron chi connectivity index (χ3n) is 3.53. The third kappa shape index (κ3) is 3.84. The van der Waals surface area contributed by atoms with Gasteiger partial charge in [-0.05, 0) is 23.8 Å². The normalized spacial score (nSPS) is 10.9. The Bertz CT molecular complexity index is 998. The Labute approximate surface area is 148 Å². The first-order valence-corrected chi connectivity index (χ1v) is 7.74. The van der Waals surface area contributed by atoms with Crippen molar-refractivity contribution < 1.29 is 14.5 Å². The number of esters is 1. The van der Waals surface area contributed by atoms with Gasteiger partial charge in [-0.1, -0.05) is 48.0 Å². The van der Waals surface area contributed by atoms with Crippen molar-refractivity contribution in [2.24, 2.45) is 0 Å². The molecule has 0 radical (unpaired) electrons. The zero-order valence-electron chi connectivity index (χ0n) is 12.9. The van der Waals surface area contributed by atoms with Gasteiger partial charge in [0.2, 0.25) is 0 Å². The van der Waals surface area contributed by atoms with Gasteiger partial charge in [-0.15, -0.1) is 0 Å². The van der Waals surface area contributed by atoms with Gasteiger partial charge < -0.3 is 4.74 Å². The number of ether oxygens (including phenoxy) is 1. The highest BCUT2D eigenvalue weighted by atomic mass is 35.5. The van der Waals surface area contributed by atoms with Crippen LogP contribution in [0.5, 0.6) is 5.75 Å². The molecule has 0 bridgehead atoms. The lowest BCUT2D eigenvalue weighted by molar-refractivity contribution is -0.384. The van der Waals surface area contributed by atoms with Gasteiger partial charge in [0, 0.05) is 34.0 Å². The van der Waals surface area contributed by atoms with Gasteiger partial charge in [0.15, 0.2) is 0 Å². The summed E-state index contributed by atoms with van der Waals surface area (Å²) in [6, 6.07) is 16.6. The number of non-ortho nitro benzene ring substituents is 1. The molecule has 6 heteroatoms. The van der Waals surface area contributed by atoms with Crippen LogP contribution in [0.15, 0.2) is 66.7 Å². The van der Waals surface area contributed by atoms with Crippen LogP contribution in [-0.2, 0) is 4.79 Å². The van der Waals surface area contributed by atoms with E-state index >= 15 is 0 Å². The minimum absolute atomic E-state index is 0.0424. The first kappa shape index (κ1) is 16.7. The molecule has 0 saturated carbocycles. The highest BCUT2D eigenvalue weighted by Crippen LogP contribution is 2.31. The van der Waals surface area contributed by atoms with Crippen molar-refractivity contribution >= 4 is 40.1 Å². The molecule has 0 fully saturated rings. The molecule has 3 aromatic carbocycles. The molecule has 25 heavy (non-hydrogen) atoms. The Morgan fingerprint density at radius 3 is 2.56 bits per heavy atom. The van der Waals surface area contributed by atoms with Crippen LogP contribution in [0.3, 0.4) is 0 Å². The molecule has 0 amide bonds. The number of nitrogens with zero attached hydrogens (tertiary/aromatic N) is 1. The molecule has 5 nitrogen and oxygen atoms in total. The van der Waals surface area contributed by atoms with E-state index in [0.717, 1.165) is 10.8 Å². The lowest BCUT2D eigenvalue weighted by atomic mass is 10.1. The Morgan fingerprint density at radius 1 is 1.04 bits per heavy atom. The number of benzene rings is 3. The van der Waals surface area contributed by atoms with E-state index in [1.807, 2.05) is 24.3 Å². The summed E-state index contributed by atoms with van der Waals surface area (Å²) in [5.74, 6) is -0.187. The van der Waals surface area contributed by atoms with E-state index in [0.29, 0.717) is 16.3 Å². The van der Waals surface area contributed by atoms with Crippen LogP contribution in [-0.4, -0.2) is 10.9 Å². The van der Waals surface area contributed by atoms with Gasteiger partial charge in [0.25, 0.3) is 5.69 Å². The molecule has 0 heterocycles. The molecule has 0 aliphatic carbocycles. The topological polar surface area (TPSA) is 69.4 Å². The molecule has 0 atom stereocenters. The van der Waals surface area contributed by atoms with Gasteiger partial charge in [-0.2, -0.15) is 0 Å². The molecule has 0 aliphatic heterocycles. The second-order valence-electron chi connectivity index (χ2n) is 5.20. The third-order valence-corrected chi connectivity index (χ3v) is 3.86. The van der Waals surface area contributed by atoms with Crippen molar-refractivity contribution in [2.75, 3.05) is 0 Å². The van der Waals surface area contributed by atoms with E-state index in [2.05, 4.69) is 0 Å². The number of carbonyl (C=O) groups is 1. The maximum Gasteiger partial charge on any atom is 0.336 e. The molecule has 0 unspecified atom stereocenters. The highest BCUT2D eigenvalue weighted by Gasteiger charge is 2.08. The summed E-state index contributed by atoms with van der Waals surface area (Å²) in [5.41, 5.74) is 0.492. The SMILES string of the molecule is O=C(/C=C/c1cccc([N+](=O)[O-])c1)Oc1ccc(Cl)c2ccccc12. The monoisotopic (exact) mass is 353 g/mol. The van der Waals surface area contributed by atoms with E-state index in [9.17, 15) is 14.9 Å². The standard InChI is InChI=1S/C19H12ClNO4/c20-17-9-10-18(16-7-2-1-6-15(16)17)25-19(22)11-8-13-4-3-5-14(12-13)21(23)24/h1-12H/b11-8+. The Balaban J connectivity index is 1.80. The molecule has 0 aliphatic rings. The number of nitro groups is 1. The van der Waals surface area contributed by atoms with E-state index in [1.165, 1.54) is 24.3 Å². The van der Waals surface area contributed by atoms with Crippen molar-refractivity contribution in [1.82, 2.24) is 0 Å². The second kappa shape index (κ2) is 7.15. The quantitative estimate of drug-likeness (QED) is 0.217. The van der Waals surface area contributed by atoms with E-state index in [1.54, 1.807) is 24.3 Å². The van der Waals surface area contributed by atoms with E-state index < -0.39 is 10.9 Å². The van der Waals surface area contributed by atoms with Crippen LogP contribution in [0.1, 0.15) is 5.56 Å². The Morgan fingerprint density at radius 2 is 1.80 bits per heavy atom. The maximum absolute atomic E-state index is 12.1. The molecule has 124 valence electrons. The lowest BCUT2D eigenvalue weighted by Gasteiger charge is -2.07. The van der Waals surface area contributed by atoms with Gasteiger partial charge in [-0.25, -0.2) is 4.79 Å². The van der Waals surface area contributed by atoms with Crippen molar-refractivity contribution in [3.63, 3.8) is 0 Å². The molecule has 3 aromatic rings. The number of hydrogen-bond donors (Lipinski definition) is 0. The Hall–Kier alpha value is -3.18. The average Bonchev–Trinajstić information content (AvgIpc) is 2.63. The summed E-state index contributed by atoms with van der Waals surface area (Å²) in [6.45, 7) is 0. The van der Waals surface area contributed by atoms with Gasteiger partial charge in [0.05, 0.1) is 4.92 Å². The molecule has 0 spiro atoms. The zero-order chi connectivity index (χ0) is 17.8. The molecular weight excluding hydrogens is 342 g/mol. The largest absolute Gasteiger partial charge is 0.423 e. The number of carbonyl (C=O) groups excluding carboxylic acids is 1. The maximum atomic E-state index is 12.1. The number of nitro benzene ring substituents is 1. The first-order chi connectivity index (χ1) is 12.0. The minimum Gasteiger partial charge on any atom is -0.423 e. The summed E-state index contributed by atoms with van der Waals surface area (Å²) >= 11 is 6.14. The average molecular weight is 354 g/mol. The van der Waals surface area contributed by atoms with Crippen LogP contribution in [0, 0.1) is 10.1 Å². The molecule has 0 aromatic heterocycles. The van der Waals surface area contributed by atoms with Gasteiger partial charge >= 0.3 is 5.97 Å². The van der Waals surface area contributed by atoms with Crippen molar-refractivity contribution in [2.45, 2.75) is 0 Å². The number of rotatable bonds is 4. The molecule has 0 N–H and O–H groups in total. The second-order valence-corrected chi connectivity index (χ2v) is 5.60.